The van der Waals surface area contributed by atoms with E-state index in [0.717, 1.165) is 12.1 Å². The zero-order valence-corrected chi connectivity index (χ0v) is 17.2. The summed E-state index contributed by atoms with van der Waals surface area (Å²) < 4.78 is 71.9. The summed E-state index contributed by atoms with van der Waals surface area (Å²) in [6.45, 7) is 1.75. The molecular weight excluding hydrogens is 425 g/mol. The Morgan fingerprint density at radius 2 is 1.97 bits per heavy atom. The number of rotatable bonds is 5. The van der Waals surface area contributed by atoms with Crippen LogP contribution < -0.4 is 15.6 Å². The van der Waals surface area contributed by atoms with Crippen molar-refractivity contribution in [1.29, 1.82) is 0 Å². The second-order valence-electron chi connectivity index (χ2n) is 7.10. The van der Waals surface area contributed by atoms with E-state index in [-0.39, 0.29) is 28.0 Å². The van der Waals surface area contributed by atoms with E-state index in [1.165, 1.54) is 24.0 Å². The maximum atomic E-state index is 12.9. The van der Waals surface area contributed by atoms with Crippen molar-refractivity contribution >= 4 is 21.6 Å². The Labute approximate surface area is 171 Å². The average Bonchev–Trinajstić information content (AvgIpc) is 3.26. The Kier molecular flexibility index (Phi) is 5.85. The predicted molar refractivity (Wildman–Crippen MR) is 102 cm³/mol. The zero-order valence-electron chi connectivity index (χ0n) is 16.4. The number of halogens is 3. The third-order valence-electron chi connectivity index (χ3n) is 4.67. The second-order valence-corrected chi connectivity index (χ2v) is 8.75. The molecule has 12 heteroatoms. The van der Waals surface area contributed by atoms with Crippen LogP contribution in [0.25, 0.3) is 0 Å². The van der Waals surface area contributed by atoms with Gasteiger partial charge in [0.2, 0.25) is 5.91 Å². The fraction of sp³-hybridized carbons (Fsp3) is 0.389. The fourth-order valence-corrected chi connectivity index (χ4v) is 4.44. The van der Waals surface area contributed by atoms with Crippen molar-refractivity contribution in [1.82, 2.24) is 15.8 Å². The number of benzene rings is 1. The molecule has 1 aromatic carbocycles. The molecule has 3 rings (SSSR count). The highest BCUT2D eigenvalue weighted by atomic mass is 32.2. The van der Waals surface area contributed by atoms with Crippen molar-refractivity contribution in [2.75, 3.05) is 25.4 Å². The third kappa shape index (κ3) is 4.45. The lowest BCUT2D eigenvalue weighted by Gasteiger charge is -2.19. The predicted octanol–water partition coefficient (Wildman–Crippen LogP) is 2.26. The molecule has 1 saturated heterocycles. The van der Waals surface area contributed by atoms with E-state index < -0.39 is 33.7 Å². The minimum atomic E-state index is -4.60. The van der Waals surface area contributed by atoms with Crippen LogP contribution in [-0.2, 0) is 21.0 Å². The van der Waals surface area contributed by atoms with Gasteiger partial charge in [0.05, 0.1) is 17.5 Å². The molecule has 1 amide bonds. The van der Waals surface area contributed by atoms with Gasteiger partial charge >= 0.3 is 6.18 Å². The van der Waals surface area contributed by atoms with Crippen LogP contribution in [0.2, 0.25) is 0 Å². The van der Waals surface area contributed by atoms with Crippen LogP contribution in [-0.4, -0.2) is 39.9 Å². The number of carbonyl (C=O) groups excluding carboxylic acids is 1. The van der Waals surface area contributed by atoms with Crippen molar-refractivity contribution in [2.24, 2.45) is 5.92 Å². The summed E-state index contributed by atoms with van der Waals surface area (Å²) in [5.41, 5.74) is 4.55. The van der Waals surface area contributed by atoms with Gasteiger partial charge in [0, 0.05) is 32.4 Å². The quantitative estimate of drug-likeness (QED) is 0.651. The van der Waals surface area contributed by atoms with E-state index >= 15 is 0 Å². The Bertz CT molecular complexity index is 1050. The summed E-state index contributed by atoms with van der Waals surface area (Å²) in [7, 11) is -1.00. The molecule has 0 saturated carbocycles. The van der Waals surface area contributed by atoms with Crippen molar-refractivity contribution in [2.45, 2.75) is 24.0 Å². The first-order valence-electron chi connectivity index (χ1n) is 8.90. The Hall–Kier alpha value is -2.57. The van der Waals surface area contributed by atoms with Crippen molar-refractivity contribution in [3.63, 3.8) is 0 Å². The second kappa shape index (κ2) is 7.93. The first-order chi connectivity index (χ1) is 13.9. The summed E-state index contributed by atoms with van der Waals surface area (Å²) >= 11 is 0. The Balaban J connectivity index is 1.88. The van der Waals surface area contributed by atoms with Crippen LogP contribution in [0.3, 0.4) is 0 Å². The molecule has 2 atom stereocenters. The van der Waals surface area contributed by atoms with Crippen LogP contribution in [0.1, 0.15) is 23.1 Å². The number of amides is 1. The van der Waals surface area contributed by atoms with Gasteiger partial charge in [0.1, 0.15) is 16.4 Å². The highest BCUT2D eigenvalue weighted by Gasteiger charge is 2.38. The number of hydrogen-bond donors (Lipinski definition) is 3. The minimum Gasteiger partial charge on any atom is -0.463 e. The van der Waals surface area contributed by atoms with Gasteiger partial charge in [-0.05, 0) is 25.1 Å². The topological polar surface area (TPSA) is 104 Å². The van der Waals surface area contributed by atoms with Gasteiger partial charge in [-0.25, -0.2) is 13.8 Å². The number of hydrazine groups is 1. The molecule has 1 aromatic heterocycles. The number of furan rings is 1. The van der Waals surface area contributed by atoms with Crippen LogP contribution in [0, 0.1) is 12.8 Å². The highest BCUT2D eigenvalue weighted by Crippen LogP contribution is 2.33. The van der Waals surface area contributed by atoms with E-state index in [1.54, 1.807) is 14.1 Å². The molecule has 0 aliphatic carbocycles. The van der Waals surface area contributed by atoms with Crippen LogP contribution in [0.5, 0.6) is 0 Å². The Morgan fingerprint density at radius 3 is 2.60 bits per heavy atom. The number of nitrogens with one attached hydrogen (secondary N) is 3. The minimum absolute atomic E-state index is 0.0502. The number of aryl methyl sites for hydroxylation is 1. The normalized spacial score (nSPS) is 19.7. The SMILES string of the molecule is Cc1oc(C2NNCC2C(=O)N(C)C)cc1S(=O)(=O)Nc1cccc(C(F)(F)F)c1. The van der Waals surface area contributed by atoms with E-state index in [0.29, 0.717) is 12.6 Å². The molecule has 2 unspecified atom stereocenters. The standard InChI is InChI=1S/C18H21F3N4O4S/c1-10-15(8-14(29-10)16-13(9-22-23-16)17(26)25(2)3)30(27,28)24-12-6-4-5-11(7-12)18(19,20)21/h4-8,13,16,22-24H,9H2,1-3H3. The van der Waals surface area contributed by atoms with Gasteiger partial charge in [-0.3, -0.25) is 14.9 Å². The molecule has 0 spiro atoms. The number of alkyl halides is 3. The molecule has 1 aliphatic rings. The maximum Gasteiger partial charge on any atom is 0.416 e. The maximum absolute atomic E-state index is 12.9. The van der Waals surface area contributed by atoms with Gasteiger partial charge in [0.15, 0.2) is 0 Å². The van der Waals surface area contributed by atoms with Gasteiger partial charge in [-0.2, -0.15) is 13.2 Å². The van der Waals surface area contributed by atoms with E-state index in [9.17, 15) is 26.4 Å². The lowest BCUT2D eigenvalue weighted by atomic mass is 9.98. The smallest absolute Gasteiger partial charge is 0.416 e. The molecule has 30 heavy (non-hydrogen) atoms. The van der Waals surface area contributed by atoms with Gasteiger partial charge in [0.25, 0.3) is 10.0 Å². The van der Waals surface area contributed by atoms with Crippen LogP contribution in [0.15, 0.2) is 39.6 Å². The molecule has 2 heterocycles. The summed E-state index contributed by atoms with van der Waals surface area (Å²) in [6, 6.07) is 4.56. The molecular formula is C18H21F3N4O4S. The van der Waals surface area contributed by atoms with Crippen molar-refractivity contribution < 1.29 is 30.8 Å². The number of hydrogen-bond acceptors (Lipinski definition) is 6. The van der Waals surface area contributed by atoms with Crippen molar-refractivity contribution in [3.8, 4) is 0 Å². The zero-order chi connectivity index (χ0) is 22.3. The Morgan fingerprint density at radius 1 is 1.27 bits per heavy atom. The molecule has 8 nitrogen and oxygen atoms in total. The molecule has 1 aliphatic heterocycles. The summed E-state index contributed by atoms with van der Waals surface area (Å²) in [6.07, 6.45) is -4.60. The van der Waals surface area contributed by atoms with E-state index in [2.05, 4.69) is 15.6 Å². The average molecular weight is 446 g/mol. The van der Waals surface area contributed by atoms with Crippen LogP contribution in [0.4, 0.5) is 18.9 Å². The van der Waals surface area contributed by atoms with Gasteiger partial charge in [-0.15, -0.1) is 0 Å². The number of sulfonamides is 1. The van der Waals surface area contributed by atoms with Gasteiger partial charge < -0.3 is 9.32 Å². The van der Waals surface area contributed by atoms with Gasteiger partial charge in [-0.1, -0.05) is 6.07 Å². The molecule has 3 N–H and O–H groups in total. The van der Waals surface area contributed by atoms with Crippen molar-refractivity contribution in [3.05, 3.63) is 47.4 Å². The fourth-order valence-electron chi connectivity index (χ4n) is 3.20. The highest BCUT2D eigenvalue weighted by molar-refractivity contribution is 7.92. The van der Waals surface area contributed by atoms with E-state index in [4.69, 9.17) is 4.42 Å². The molecule has 2 aromatic rings. The molecule has 0 bridgehead atoms. The molecule has 164 valence electrons. The summed E-state index contributed by atoms with van der Waals surface area (Å²) in [4.78, 5) is 13.6. The summed E-state index contributed by atoms with van der Waals surface area (Å²) in [5.74, 6) is -0.410. The molecule has 0 radical (unpaired) electrons. The van der Waals surface area contributed by atoms with Crippen LogP contribution >= 0.6 is 0 Å². The number of nitrogens with zero attached hydrogens (tertiary/aromatic N) is 1. The van der Waals surface area contributed by atoms with E-state index in [1.807, 2.05) is 0 Å². The number of carbonyl (C=O) groups is 1. The largest absolute Gasteiger partial charge is 0.463 e. The first kappa shape index (κ1) is 22.1. The lowest BCUT2D eigenvalue weighted by molar-refractivity contribution is -0.137. The number of anilines is 1. The molecule has 1 fully saturated rings. The lowest BCUT2D eigenvalue weighted by Crippen LogP contribution is -2.34. The summed E-state index contributed by atoms with van der Waals surface area (Å²) in [5, 5.41) is 0. The third-order valence-corrected chi connectivity index (χ3v) is 6.16. The monoisotopic (exact) mass is 446 g/mol. The first-order valence-corrected chi connectivity index (χ1v) is 10.4.